The standard InChI is InChI=1S/C2H4.CH3I.2CH3.12Fe.V.2W/c2*1-2;;;;;;;;;;;;;;;;;/h1-2H2;1H3;2*1H3;;;;;;;;;;;;;;;/q;;2*-1;;;;;;;;;;;;;;;. The summed E-state index contributed by atoms with van der Waals surface area (Å²) in [7, 11) is 0. The van der Waals surface area contributed by atoms with Gasteiger partial charge in [0.25, 0.3) is 0 Å². The van der Waals surface area contributed by atoms with Crippen molar-refractivity contribution in [1.82, 2.24) is 0 Å². The van der Waals surface area contributed by atoms with Gasteiger partial charge >= 0.3 is 0 Å². The maximum Gasteiger partial charge on any atom is 0 e. The van der Waals surface area contributed by atoms with Crippen molar-refractivity contribution in [3.05, 3.63) is 28.0 Å². The molecule has 0 nitrogen and oxygen atoms in total. The first kappa shape index (κ1) is 214. The molecule has 0 rings (SSSR count). The third kappa shape index (κ3) is 271. The Labute approximate surface area is 314 Å². The number of rotatable bonds is 0. The smallest absolute Gasteiger partial charge is 0 e. The second-order valence-corrected chi connectivity index (χ2v) is 0. The van der Waals surface area contributed by atoms with Crippen LogP contribution in [0.4, 0.5) is 0 Å². The van der Waals surface area contributed by atoms with Gasteiger partial charge < -0.3 is 14.9 Å². The average Bonchev–Trinajstić information content (AvgIpc) is 1.50. The molecule has 0 spiro atoms. The Morgan fingerprint density at radius 2 is 0.429 bits per heavy atom. The van der Waals surface area contributed by atoms with Crippen LogP contribution in [0.2, 0.25) is 0 Å². The van der Waals surface area contributed by atoms with Gasteiger partial charge in [-0.05, 0) is 4.93 Å². The largest absolute Gasteiger partial charge is 0.358 e. The molecule has 0 aliphatic rings. The summed E-state index contributed by atoms with van der Waals surface area (Å²) in [5, 5.41) is 0. The Hall–Kier alpha value is 8.66. The fourth-order valence-electron chi connectivity index (χ4n) is 0. The molecular formula is C5H13Fe12IVW2-2. The molecule has 0 bridgehead atoms. The summed E-state index contributed by atoms with van der Waals surface area (Å²) in [6, 6.07) is 0. The van der Waals surface area contributed by atoms with Crippen molar-refractivity contribution >= 4 is 22.6 Å². The van der Waals surface area contributed by atoms with E-state index < -0.39 is 0 Å². The SMILES string of the molecule is C=C.CI.[CH3-].[CH3-].[Fe].[Fe].[Fe].[Fe].[Fe].[Fe].[Fe].[Fe].[Fe].[Fe].[Fe].[Fe].[V].[W].[W]. The summed E-state index contributed by atoms with van der Waals surface area (Å²) in [5.74, 6) is 0. The second-order valence-electron chi connectivity index (χ2n) is 0. The van der Waals surface area contributed by atoms with E-state index in [0.29, 0.717) is 0 Å². The monoisotopic (exact) mass is 1290 g/mol. The topological polar surface area (TPSA) is 0 Å². The first-order chi connectivity index (χ1) is 2.00. The van der Waals surface area contributed by atoms with E-state index in [2.05, 4.69) is 35.7 Å². The van der Waals surface area contributed by atoms with Crippen molar-refractivity contribution in [3.8, 4) is 0 Å². The zero-order chi connectivity index (χ0) is 4.00. The van der Waals surface area contributed by atoms with E-state index in [1.807, 2.05) is 4.93 Å². The number of hydrogen-bond acceptors (Lipinski definition) is 0. The molecule has 0 aliphatic heterocycles. The van der Waals surface area contributed by atoms with Gasteiger partial charge in [-0.2, -0.15) is 0 Å². The van der Waals surface area contributed by atoms with Gasteiger partial charge in [0, 0.05) is 266 Å². The van der Waals surface area contributed by atoms with Crippen LogP contribution < -0.4 is 0 Å². The number of halogens is 1. The van der Waals surface area contributed by atoms with Gasteiger partial charge in [-0.3, -0.25) is 0 Å². The van der Waals surface area contributed by atoms with Crippen LogP contribution in [0.3, 0.4) is 0 Å². The zero-order valence-electron chi connectivity index (χ0n) is 10.3. The van der Waals surface area contributed by atoms with Crippen molar-refractivity contribution in [2.24, 2.45) is 0 Å². The van der Waals surface area contributed by atoms with E-state index in [0.717, 1.165) is 0 Å². The molecule has 1 radical (unpaired) electrons. The van der Waals surface area contributed by atoms with E-state index in [1.54, 1.807) is 0 Å². The fourth-order valence-corrected chi connectivity index (χ4v) is 0. The molecule has 0 unspecified atom stereocenters. The molecule has 0 aromatic carbocycles. The van der Waals surface area contributed by atoms with Crippen LogP contribution in [-0.2, 0) is 266 Å². The minimum Gasteiger partial charge on any atom is -0.358 e. The quantitative estimate of drug-likeness (QED) is 0.115. The Balaban J connectivity index is -0.000000000124. The third-order valence-corrected chi connectivity index (χ3v) is 0. The van der Waals surface area contributed by atoms with Gasteiger partial charge in [-0.25, -0.2) is 0 Å². The van der Waals surface area contributed by atoms with Crippen molar-refractivity contribution in [2.75, 3.05) is 4.93 Å². The predicted molar refractivity (Wildman–Crippen MR) is 44.0 cm³/mol. The Bertz CT molecular complexity index is 35.6. The number of hydrogen-bond donors (Lipinski definition) is 0. The summed E-state index contributed by atoms with van der Waals surface area (Å²) >= 11 is 2.15. The molecule has 0 atom stereocenters. The molecule has 0 aromatic rings. The van der Waals surface area contributed by atoms with Crippen molar-refractivity contribution in [3.63, 3.8) is 0 Å². The van der Waals surface area contributed by atoms with Crippen LogP contribution in [0.5, 0.6) is 0 Å². The minimum absolute atomic E-state index is 0. The van der Waals surface area contributed by atoms with E-state index in [4.69, 9.17) is 0 Å². The predicted octanol–water partition coefficient (Wildman–Crippen LogP) is 2.72. The summed E-state index contributed by atoms with van der Waals surface area (Å²) in [6.07, 6.45) is 0. The first-order valence-electron chi connectivity index (χ1n) is 0.878. The summed E-state index contributed by atoms with van der Waals surface area (Å²) < 4.78 is 0. The summed E-state index contributed by atoms with van der Waals surface area (Å²) in [6.45, 7) is 6.00. The average molecular weight is 1290 g/mol. The van der Waals surface area contributed by atoms with Gasteiger partial charge in [-0.1, -0.05) is 22.6 Å². The van der Waals surface area contributed by atoms with Crippen molar-refractivity contribution in [2.45, 2.75) is 0 Å². The van der Waals surface area contributed by atoms with Gasteiger partial charge in [0.05, 0.1) is 0 Å². The van der Waals surface area contributed by atoms with Crippen LogP contribution in [-0.4, -0.2) is 4.93 Å². The van der Waals surface area contributed by atoms with E-state index in [1.165, 1.54) is 0 Å². The molecule has 0 amide bonds. The molecule has 0 saturated heterocycles. The van der Waals surface area contributed by atoms with E-state index >= 15 is 0 Å². The van der Waals surface area contributed by atoms with E-state index in [9.17, 15) is 0 Å². The minimum atomic E-state index is 0. The van der Waals surface area contributed by atoms with Crippen LogP contribution in [0.15, 0.2) is 13.2 Å². The zero-order valence-corrected chi connectivity index (χ0v) is 33.0. The Morgan fingerprint density at radius 3 is 0.429 bits per heavy atom. The molecule has 0 heterocycles. The fraction of sp³-hybridized carbons (Fsp3) is 0.200. The molecule has 0 fully saturated rings. The molecule has 21 heavy (non-hydrogen) atoms. The van der Waals surface area contributed by atoms with Crippen molar-refractivity contribution < 1.29 is 266 Å². The van der Waals surface area contributed by atoms with Gasteiger partial charge in [-0.15, -0.1) is 13.2 Å². The van der Waals surface area contributed by atoms with Gasteiger partial charge in [0.1, 0.15) is 0 Å². The molecule has 155 valence electrons. The normalized spacial score (nSPS) is 0.476. The van der Waals surface area contributed by atoms with Crippen molar-refractivity contribution in [1.29, 1.82) is 0 Å². The Kier molecular flexibility index (Phi) is 2980. The molecule has 16 heteroatoms. The molecule has 0 saturated carbocycles. The van der Waals surface area contributed by atoms with E-state index in [-0.39, 0.29) is 280 Å². The van der Waals surface area contributed by atoms with Gasteiger partial charge in [0.15, 0.2) is 0 Å². The summed E-state index contributed by atoms with van der Waals surface area (Å²) in [5.41, 5.74) is 0. The maximum atomic E-state index is 3.00. The van der Waals surface area contributed by atoms with Gasteiger partial charge in [0.2, 0.25) is 0 Å². The molecule has 0 aliphatic carbocycles. The first-order valence-corrected chi connectivity index (χ1v) is 3.04. The third-order valence-electron chi connectivity index (χ3n) is 0. The van der Waals surface area contributed by atoms with Crippen LogP contribution >= 0.6 is 22.6 Å². The Morgan fingerprint density at radius 1 is 0.429 bits per heavy atom. The molecule has 0 N–H and O–H groups in total. The number of alkyl halides is 1. The van der Waals surface area contributed by atoms with Crippen LogP contribution in [0, 0.1) is 14.9 Å². The van der Waals surface area contributed by atoms with Crippen LogP contribution in [0.25, 0.3) is 0 Å². The molecule has 0 aromatic heterocycles. The maximum absolute atomic E-state index is 3.00. The molecular weight excluding hydrogens is 1280 g/mol. The van der Waals surface area contributed by atoms with Crippen LogP contribution in [0.1, 0.15) is 0 Å². The second kappa shape index (κ2) is 292. The summed E-state index contributed by atoms with van der Waals surface area (Å²) in [4.78, 5) is 1.97.